The van der Waals surface area contributed by atoms with Crippen LogP contribution in [0.5, 0.6) is 5.75 Å². The number of nitrogens with zero attached hydrogens (tertiary/aromatic N) is 3. The lowest BCUT2D eigenvalue weighted by Gasteiger charge is -2.29. The Labute approximate surface area is 111 Å². The van der Waals surface area contributed by atoms with Crippen LogP contribution in [-0.2, 0) is 0 Å². The van der Waals surface area contributed by atoms with E-state index in [9.17, 15) is 4.79 Å². The average molecular weight is 260 g/mol. The maximum Gasteiger partial charge on any atom is 0.321 e. The van der Waals surface area contributed by atoms with E-state index in [1.54, 1.807) is 12.0 Å². The number of hydrogen-bond acceptors (Lipinski definition) is 4. The Balaban J connectivity index is 1.61. The van der Waals surface area contributed by atoms with Crippen molar-refractivity contribution in [2.24, 2.45) is 10.2 Å². The second-order valence-corrected chi connectivity index (χ2v) is 4.80. The summed E-state index contributed by atoms with van der Waals surface area (Å²) in [5, 5.41) is 11.0. The lowest BCUT2D eigenvalue weighted by Crippen LogP contribution is -2.43. The van der Waals surface area contributed by atoms with E-state index in [1.165, 1.54) is 0 Å². The molecule has 1 aromatic carbocycles. The number of urea groups is 1. The van der Waals surface area contributed by atoms with E-state index in [-0.39, 0.29) is 11.7 Å². The molecule has 0 saturated carbocycles. The Morgan fingerprint density at radius 2 is 2.00 bits per heavy atom. The van der Waals surface area contributed by atoms with Crippen molar-refractivity contribution in [2.75, 3.05) is 25.5 Å². The van der Waals surface area contributed by atoms with E-state index in [0.717, 1.165) is 12.8 Å². The quantitative estimate of drug-likeness (QED) is 0.887. The molecular weight excluding hydrogens is 244 g/mol. The Kier molecular flexibility index (Phi) is 2.85. The third-order valence-corrected chi connectivity index (χ3v) is 3.58. The molecule has 0 unspecified atom stereocenters. The molecule has 0 radical (unpaired) electrons. The standard InChI is InChI=1S/C13H16N4O2/c1-19-11-5-3-2-4-10(11)14-12(18)17-8-6-13(7-9-17)15-16-13/h2-5H,6-9H2,1H3,(H,14,18). The molecule has 1 spiro atoms. The molecular formula is C13H16N4O2. The van der Waals surface area contributed by atoms with Crippen LogP contribution in [-0.4, -0.2) is 36.8 Å². The predicted molar refractivity (Wildman–Crippen MR) is 70.4 cm³/mol. The highest BCUT2D eigenvalue weighted by Crippen LogP contribution is 2.38. The SMILES string of the molecule is COc1ccccc1NC(=O)N1CCC2(CC1)N=N2. The fraction of sp³-hybridized carbons (Fsp3) is 0.462. The van der Waals surface area contributed by atoms with Crippen molar-refractivity contribution in [3.8, 4) is 5.75 Å². The number of benzene rings is 1. The monoisotopic (exact) mass is 260 g/mol. The van der Waals surface area contributed by atoms with Gasteiger partial charge in [0.1, 0.15) is 5.75 Å². The zero-order valence-corrected chi connectivity index (χ0v) is 10.8. The van der Waals surface area contributed by atoms with Gasteiger partial charge in [-0.25, -0.2) is 4.79 Å². The molecule has 1 N–H and O–H groups in total. The third kappa shape index (κ3) is 2.38. The average Bonchev–Trinajstić information content (AvgIpc) is 3.19. The minimum absolute atomic E-state index is 0.0972. The zero-order valence-electron chi connectivity index (χ0n) is 10.8. The number of likely N-dealkylation sites (tertiary alicyclic amines) is 1. The third-order valence-electron chi connectivity index (χ3n) is 3.58. The van der Waals surface area contributed by atoms with Crippen LogP contribution in [0, 0.1) is 0 Å². The molecule has 1 fully saturated rings. The number of para-hydroxylation sites is 2. The fourth-order valence-corrected chi connectivity index (χ4v) is 2.28. The van der Waals surface area contributed by atoms with E-state index in [0.29, 0.717) is 24.5 Å². The maximum absolute atomic E-state index is 12.2. The van der Waals surface area contributed by atoms with Crippen LogP contribution in [0.3, 0.4) is 0 Å². The summed E-state index contributed by atoms with van der Waals surface area (Å²) in [5.74, 6) is 0.663. The number of ether oxygens (including phenoxy) is 1. The number of carbonyl (C=O) groups is 1. The molecule has 3 rings (SSSR count). The highest BCUT2D eigenvalue weighted by atomic mass is 16.5. The number of anilines is 1. The highest BCUT2D eigenvalue weighted by Gasteiger charge is 2.43. The van der Waals surface area contributed by atoms with Gasteiger partial charge in [-0.3, -0.25) is 0 Å². The van der Waals surface area contributed by atoms with Gasteiger partial charge < -0.3 is 15.0 Å². The van der Waals surface area contributed by atoms with E-state index in [4.69, 9.17) is 4.74 Å². The van der Waals surface area contributed by atoms with Crippen LogP contribution in [0.4, 0.5) is 10.5 Å². The van der Waals surface area contributed by atoms with Crippen LogP contribution in [0.25, 0.3) is 0 Å². The summed E-state index contributed by atoms with van der Waals surface area (Å²) in [4.78, 5) is 14.0. The minimum atomic E-state index is -0.152. The number of rotatable bonds is 2. The number of carbonyl (C=O) groups excluding carboxylic acids is 1. The normalized spacial score (nSPS) is 19.3. The summed E-state index contributed by atoms with van der Waals surface area (Å²) < 4.78 is 5.21. The highest BCUT2D eigenvalue weighted by molar-refractivity contribution is 5.91. The number of amides is 2. The van der Waals surface area contributed by atoms with Crippen LogP contribution >= 0.6 is 0 Å². The lowest BCUT2D eigenvalue weighted by molar-refractivity contribution is 0.189. The smallest absolute Gasteiger partial charge is 0.321 e. The zero-order chi connectivity index (χ0) is 13.3. The van der Waals surface area contributed by atoms with Gasteiger partial charge in [0.25, 0.3) is 0 Å². The Morgan fingerprint density at radius 3 is 2.63 bits per heavy atom. The van der Waals surface area contributed by atoms with Crippen molar-refractivity contribution in [2.45, 2.75) is 18.5 Å². The van der Waals surface area contributed by atoms with Gasteiger partial charge in [0.05, 0.1) is 12.8 Å². The van der Waals surface area contributed by atoms with E-state index in [2.05, 4.69) is 15.5 Å². The topological polar surface area (TPSA) is 66.3 Å². The predicted octanol–water partition coefficient (Wildman–Crippen LogP) is 2.49. The summed E-state index contributed by atoms with van der Waals surface area (Å²) in [5.41, 5.74) is 0.539. The molecule has 2 aliphatic rings. The molecule has 6 nitrogen and oxygen atoms in total. The lowest BCUT2D eigenvalue weighted by atomic mass is 10.0. The van der Waals surface area contributed by atoms with Crippen molar-refractivity contribution in [3.63, 3.8) is 0 Å². The summed E-state index contributed by atoms with van der Waals surface area (Å²) in [6, 6.07) is 7.29. The summed E-state index contributed by atoms with van der Waals surface area (Å²) in [6.45, 7) is 1.38. The first-order valence-corrected chi connectivity index (χ1v) is 6.35. The number of hydrogen-bond donors (Lipinski definition) is 1. The molecule has 0 atom stereocenters. The van der Waals surface area contributed by atoms with Gasteiger partial charge in [0.2, 0.25) is 0 Å². The number of nitrogens with one attached hydrogen (secondary N) is 1. The number of piperidine rings is 1. The first-order chi connectivity index (χ1) is 9.22. The van der Waals surface area contributed by atoms with Gasteiger partial charge >= 0.3 is 6.03 Å². The van der Waals surface area contributed by atoms with E-state index < -0.39 is 0 Å². The van der Waals surface area contributed by atoms with Crippen LogP contribution < -0.4 is 10.1 Å². The Hall–Kier alpha value is -2.11. The Bertz CT molecular complexity index is 513. The molecule has 2 heterocycles. The molecule has 1 saturated heterocycles. The molecule has 0 aliphatic carbocycles. The first-order valence-electron chi connectivity index (χ1n) is 6.35. The van der Waals surface area contributed by atoms with E-state index >= 15 is 0 Å². The first kappa shape index (κ1) is 12.0. The van der Waals surface area contributed by atoms with Gasteiger partial charge in [-0.15, -0.1) is 0 Å². The molecule has 0 bridgehead atoms. The van der Waals surface area contributed by atoms with Gasteiger partial charge in [-0.1, -0.05) is 12.1 Å². The summed E-state index contributed by atoms with van der Waals surface area (Å²) in [7, 11) is 1.59. The molecule has 2 amide bonds. The minimum Gasteiger partial charge on any atom is -0.495 e. The number of methoxy groups -OCH3 is 1. The van der Waals surface area contributed by atoms with E-state index in [1.807, 2.05) is 24.3 Å². The van der Waals surface area contributed by atoms with Crippen LogP contribution in [0.15, 0.2) is 34.5 Å². The molecule has 1 aromatic rings. The van der Waals surface area contributed by atoms with Crippen LogP contribution in [0.1, 0.15) is 12.8 Å². The van der Waals surface area contributed by atoms with Gasteiger partial charge in [-0.05, 0) is 12.1 Å². The second kappa shape index (κ2) is 4.53. The van der Waals surface area contributed by atoms with Crippen molar-refractivity contribution < 1.29 is 9.53 Å². The second-order valence-electron chi connectivity index (χ2n) is 4.80. The van der Waals surface area contributed by atoms with Crippen molar-refractivity contribution in [3.05, 3.63) is 24.3 Å². The fourth-order valence-electron chi connectivity index (χ4n) is 2.28. The van der Waals surface area contributed by atoms with Crippen molar-refractivity contribution in [1.82, 2.24) is 4.90 Å². The summed E-state index contributed by atoms with van der Waals surface area (Å²) >= 11 is 0. The molecule has 6 heteroatoms. The summed E-state index contributed by atoms with van der Waals surface area (Å²) in [6.07, 6.45) is 1.65. The van der Waals surface area contributed by atoms with Gasteiger partial charge in [-0.2, -0.15) is 10.2 Å². The van der Waals surface area contributed by atoms with Crippen molar-refractivity contribution >= 4 is 11.7 Å². The molecule has 2 aliphatic heterocycles. The van der Waals surface area contributed by atoms with Gasteiger partial charge in [0.15, 0.2) is 5.66 Å². The Morgan fingerprint density at radius 1 is 1.32 bits per heavy atom. The molecule has 19 heavy (non-hydrogen) atoms. The van der Waals surface area contributed by atoms with Crippen molar-refractivity contribution in [1.29, 1.82) is 0 Å². The largest absolute Gasteiger partial charge is 0.495 e. The maximum atomic E-state index is 12.2. The van der Waals surface area contributed by atoms with Crippen LogP contribution in [0.2, 0.25) is 0 Å². The molecule has 0 aromatic heterocycles. The van der Waals surface area contributed by atoms with Gasteiger partial charge in [0, 0.05) is 25.9 Å². The molecule has 100 valence electrons.